The third-order valence-corrected chi connectivity index (χ3v) is 5.20. The summed E-state index contributed by atoms with van der Waals surface area (Å²) in [5, 5.41) is 3.41. The molecule has 1 atom stereocenters. The number of hydrogen-bond donors (Lipinski definition) is 1. The van der Waals surface area contributed by atoms with Gasteiger partial charge in [-0.15, -0.1) is 0 Å². The van der Waals surface area contributed by atoms with Crippen LogP contribution in [0.3, 0.4) is 0 Å². The molecule has 1 saturated heterocycles. The van der Waals surface area contributed by atoms with Crippen LogP contribution < -0.4 is 5.32 Å². The van der Waals surface area contributed by atoms with Crippen molar-refractivity contribution in [2.45, 2.75) is 31.8 Å². The van der Waals surface area contributed by atoms with Crippen LogP contribution in [0.2, 0.25) is 0 Å². The number of sulfone groups is 1. The molecule has 1 aliphatic rings. The molecule has 0 aromatic carbocycles. The first-order valence-corrected chi connectivity index (χ1v) is 8.29. The molecule has 1 N–H and O–H groups in total. The summed E-state index contributed by atoms with van der Waals surface area (Å²) in [6.07, 6.45) is 1.38. The minimum atomic E-state index is -2.78. The van der Waals surface area contributed by atoms with Crippen LogP contribution in [0.4, 0.5) is 0 Å². The standard InChI is InChI=1S/C11H16BrNO3S/c1-8(10-2-3-11(12)16-10)13-9-4-6-17(14,15)7-5-9/h2-3,8-9,13H,4-7H2,1H3. The molecular weight excluding hydrogens is 306 g/mol. The molecule has 0 saturated carbocycles. The van der Waals surface area contributed by atoms with Crippen molar-refractivity contribution in [1.29, 1.82) is 0 Å². The zero-order valence-corrected chi connectivity index (χ0v) is 12.1. The van der Waals surface area contributed by atoms with E-state index < -0.39 is 9.84 Å². The molecule has 2 rings (SSSR count). The second-order valence-corrected chi connectivity index (χ2v) is 7.54. The Hall–Kier alpha value is -0.330. The third-order valence-electron chi connectivity index (χ3n) is 3.06. The normalized spacial score (nSPS) is 22.5. The number of halogens is 1. The lowest BCUT2D eigenvalue weighted by Crippen LogP contribution is -2.38. The third kappa shape index (κ3) is 3.56. The Kier molecular flexibility index (Phi) is 3.95. The van der Waals surface area contributed by atoms with Crippen LogP contribution in [-0.4, -0.2) is 26.0 Å². The highest BCUT2D eigenvalue weighted by Crippen LogP contribution is 2.22. The smallest absolute Gasteiger partial charge is 0.169 e. The highest BCUT2D eigenvalue weighted by Gasteiger charge is 2.25. The van der Waals surface area contributed by atoms with E-state index in [0.29, 0.717) is 29.0 Å². The number of hydrogen-bond acceptors (Lipinski definition) is 4. The summed E-state index contributed by atoms with van der Waals surface area (Å²) in [5.41, 5.74) is 0. The molecule has 17 heavy (non-hydrogen) atoms. The van der Waals surface area contributed by atoms with Crippen LogP contribution >= 0.6 is 15.9 Å². The van der Waals surface area contributed by atoms with E-state index in [-0.39, 0.29) is 12.1 Å². The Balaban J connectivity index is 1.90. The zero-order valence-electron chi connectivity index (χ0n) is 9.65. The van der Waals surface area contributed by atoms with E-state index in [9.17, 15) is 8.42 Å². The predicted molar refractivity (Wildman–Crippen MR) is 69.6 cm³/mol. The molecule has 1 fully saturated rings. The van der Waals surface area contributed by atoms with Crippen molar-refractivity contribution in [3.8, 4) is 0 Å². The Morgan fingerprint density at radius 2 is 2.06 bits per heavy atom. The maximum Gasteiger partial charge on any atom is 0.169 e. The van der Waals surface area contributed by atoms with E-state index in [1.54, 1.807) is 0 Å². The predicted octanol–water partition coefficient (Wildman–Crippen LogP) is 2.27. The van der Waals surface area contributed by atoms with Crippen LogP contribution in [0, 0.1) is 0 Å². The van der Waals surface area contributed by atoms with E-state index in [0.717, 1.165) is 5.76 Å². The van der Waals surface area contributed by atoms with E-state index >= 15 is 0 Å². The first-order valence-electron chi connectivity index (χ1n) is 5.68. The largest absolute Gasteiger partial charge is 0.453 e. The van der Waals surface area contributed by atoms with Gasteiger partial charge in [0.15, 0.2) is 4.67 Å². The van der Waals surface area contributed by atoms with Gasteiger partial charge < -0.3 is 9.73 Å². The molecule has 1 aliphatic heterocycles. The van der Waals surface area contributed by atoms with Crippen molar-refractivity contribution in [3.63, 3.8) is 0 Å². The van der Waals surface area contributed by atoms with Gasteiger partial charge in [-0.2, -0.15) is 0 Å². The highest BCUT2D eigenvalue weighted by molar-refractivity contribution is 9.10. The summed E-state index contributed by atoms with van der Waals surface area (Å²) in [4.78, 5) is 0. The van der Waals surface area contributed by atoms with Gasteiger partial charge in [-0.05, 0) is 47.8 Å². The van der Waals surface area contributed by atoms with Crippen molar-refractivity contribution in [1.82, 2.24) is 5.32 Å². The maximum atomic E-state index is 11.3. The topological polar surface area (TPSA) is 59.3 Å². The van der Waals surface area contributed by atoms with Crippen molar-refractivity contribution in [2.24, 2.45) is 0 Å². The van der Waals surface area contributed by atoms with Crippen LogP contribution in [0.15, 0.2) is 21.2 Å². The Labute approximate surface area is 110 Å². The molecule has 0 radical (unpaired) electrons. The average molecular weight is 322 g/mol. The molecule has 0 amide bonds. The number of rotatable bonds is 3. The van der Waals surface area contributed by atoms with Crippen LogP contribution in [-0.2, 0) is 9.84 Å². The zero-order chi connectivity index (χ0) is 12.5. The van der Waals surface area contributed by atoms with Gasteiger partial charge in [-0.3, -0.25) is 0 Å². The van der Waals surface area contributed by atoms with Crippen molar-refractivity contribution in [3.05, 3.63) is 22.6 Å². The van der Waals surface area contributed by atoms with Gasteiger partial charge in [0.25, 0.3) is 0 Å². The van der Waals surface area contributed by atoms with Gasteiger partial charge in [-0.1, -0.05) is 0 Å². The minimum Gasteiger partial charge on any atom is -0.453 e. The molecule has 1 aromatic heterocycles. The molecule has 0 aliphatic carbocycles. The first-order chi connectivity index (χ1) is 7.96. The molecule has 0 bridgehead atoms. The fraction of sp³-hybridized carbons (Fsp3) is 0.636. The van der Waals surface area contributed by atoms with E-state index in [1.165, 1.54) is 0 Å². The first kappa shape index (κ1) is 13.1. The van der Waals surface area contributed by atoms with Crippen LogP contribution in [0.25, 0.3) is 0 Å². The Morgan fingerprint density at radius 3 is 2.59 bits per heavy atom. The van der Waals surface area contributed by atoms with Gasteiger partial charge >= 0.3 is 0 Å². The van der Waals surface area contributed by atoms with E-state index in [2.05, 4.69) is 21.2 Å². The van der Waals surface area contributed by atoms with Gasteiger partial charge in [0.1, 0.15) is 15.6 Å². The van der Waals surface area contributed by atoms with Gasteiger partial charge in [0, 0.05) is 6.04 Å². The molecule has 6 heteroatoms. The Bertz CT molecular complexity index is 469. The highest BCUT2D eigenvalue weighted by atomic mass is 79.9. The second-order valence-electron chi connectivity index (χ2n) is 4.46. The lowest BCUT2D eigenvalue weighted by molar-refractivity contribution is 0.365. The quantitative estimate of drug-likeness (QED) is 0.927. The lowest BCUT2D eigenvalue weighted by Gasteiger charge is -2.25. The fourth-order valence-corrected chi connectivity index (χ4v) is 3.86. The molecule has 96 valence electrons. The maximum absolute atomic E-state index is 11.3. The van der Waals surface area contributed by atoms with Gasteiger partial charge in [0.05, 0.1) is 17.5 Å². The summed E-state index contributed by atoms with van der Waals surface area (Å²) in [7, 11) is -2.78. The van der Waals surface area contributed by atoms with E-state index in [4.69, 9.17) is 4.42 Å². The monoisotopic (exact) mass is 321 g/mol. The van der Waals surface area contributed by atoms with E-state index in [1.807, 2.05) is 19.1 Å². The number of furan rings is 1. The summed E-state index contributed by atoms with van der Waals surface area (Å²) >= 11 is 3.27. The molecule has 1 aromatic rings. The number of nitrogens with one attached hydrogen (secondary N) is 1. The molecule has 1 unspecified atom stereocenters. The minimum absolute atomic E-state index is 0.104. The average Bonchev–Trinajstić information content (AvgIpc) is 2.68. The van der Waals surface area contributed by atoms with Gasteiger partial charge in [-0.25, -0.2) is 8.42 Å². The van der Waals surface area contributed by atoms with Gasteiger partial charge in [0.2, 0.25) is 0 Å². The van der Waals surface area contributed by atoms with Crippen LogP contribution in [0.5, 0.6) is 0 Å². The van der Waals surface area contributed by atoms with Crippen LogP contribution in [0.1, 0.15) is 31.6 Å². The Morgan fingerprint density at radius 1 is 1.41 bits per heavy atom. The summed E-state index contributed by atoms with van der Waals surface area (Å²) in [6, 6.07) is 4.14. The molecular formula is C11H16BrNO3S. The second kappa shape index (κ2) is 5.12. The summed E-state index contributed by atoms with van der Waals surface area (Å²) < 4.78 is 28.8. The SMILES string of the molecule is CC(NC1CCS(=O)(=O)CC1)c1ccc(Br)o1. The van der Waals surface area contributed by atoms with Crippen molar-refractivity contribution >= 4 is 25.8 Å². The summed E-state index contributed by atoms with van der Waals surface area (Å²) in [6.45, 7) is 2.02. The molecule has 0 spiro atoms. The summed E-state index contributed by atoms with van der Waals surface area (Å²) in [5.74, 6) is 1.45. The molecule has 2 heterocycles. The van der Waals surface area contributed by atoms with Crippen molar-refractivity contribution < 1.29 is 12.8 Å². The fourth-order valence-electron chi connectivity index (χ4n) is 2.05. The van der Waals surface area contributed by atoms with Crippen molar-refractivity contribution in [2.75, 3.05) is 11.5 Å². The lowest BCUT2D eigenvalue weighted by atomic mass is 10.1. The molecule has 4 nitrogen and oxygen atoms in total.